The Morgan fingerprint density at radius 3 is 2.85 bits per heavy atom. The number of hydrogen-bond acceptors (Lipinski definition) is 3. The fourth-order valence-corrected chi connectivity index (χ4v) is 2.55. The molecule has 0 bridgehead atoms. The molecule has 0 aromatic heterocycles. The molecule has 1 aromatic carbocycles. The average molecular weight is 277 g/mol. The van der Waals surface area contributed by atoms with Crippen molar-refractivity contribution in [1.29, 1.82) is 0 Å². The molecule has 0 aliphatic carbocycles. The van der Waals surface area contributed by atoms with Gasteiger partial charge in [-0.05, 0) is 31.7 Å². The Morgan fingerprint density at radius 2 is 2.20 bits per heavy atom. The quantitative estimate of drug-likeness (QED) is 0.838. The molecule has 3 atom stereocenters. The monoisotopic (exact) mass is 277 g/mol. The van der Waals surface area contributed by atoms with Crippen LogP contribution < -0.4 is 5.32 Å². The zero-order valence-electron chi connectivity index (χ0n) is 11.9. The molecular formula is C16H23NO3. The van der Waals surface area contributed by atoms with Crippen LogP contribution in [0.2, 0.25) is 0 Å². The molecule has 1 fully saturated rings. The van der Waals surface area contributed by atoms with Crippen LogP contribution in [-0.2, 0) is 9.53 Å². The van der Waals surface area contributed by atoms with E-state index in [0.717, 1.165) is 25.0 Å². The summed E-state index contributed by atoms with van der Waals surface area (Å²) >= 11 is 0. The van der Waals surface area contributed by atoms with Gasteiger partial charge in [-0.15, -0.1) is 0 Å². The smallest absolute Gasteiger partial charge is 0.222 e. The third-order valence-corrected chi connectivity index (χ3v) is 3.61. The highest BCUT2D eigenvalue weighted by atomic mass is 16.5. The lowest BCUT2D eigenvalue weighted by molar-refractivity contribution is -0.124. The number of carbonyl (C=O) groups excluding carboxylic acids is 1. The second-order valence-electron chi connectivity index (χ2n) is 5.47. The van der Waals surface area contributed by atoms with Gasteiger partial charge in [-0.1, -0.05) is 30.3 Å². The molecule has 110 valence electrons. The summed E-state index contributed by atoms with van der Waals surface area (Å²) in [6.45, 7) is 2.68. The summed E-state index contributed by atoms with van der Waals surface area (Å²) in [6, 6.07) is 9.46. The molecule has 0 saturated carbocycles. The van der Waals surface area contributed by atoms with E-state index in [1.807, 2.05) is 37.3 Å². The number of carbonyl (C=O) groups is 1. The van der Waals surface area contributed by atoms with Gasteiger partial charge in [0.1, 0.15) is 0 Å². The third kappa shape index (κ3) is 4.62. The zero-order chi connectivity index (χ0) is 14.4. The summed E-state index contributed by atoms with van der Waals surface area (Å²) in [5.41, 5.74) is 0.882. The number of amides is 1. The maximum Gasteiger partial charge on any atom is 0.222 e. The fraction of sp³-hybridized carbons (Fsp3) is 0.562. The molecular weight excluding hydrogens is 254 g/mol. The molecule has 1 amide bonds. The minimum atomic E-state index is -0.547. The van der Waals surface area contributed by atoms with Gasteiger partial charge in [0.05, 0.1) is 18.6 Å². The highest BCUT2D eigenvalue weighted by molar-refractivity contribution is 5.76. The standard InChI is InChI=1S/C16H23NO3/c1-12(10-15(18)13-6-3-2-4-7-13)17-16(19)11-14-8-5-9-20-14/h2-4,6-7,12,14-15,18H,5,8-11H2,1H3,(H,17,19)/t12-,14+,15+/m1/s1. The number of hydrogen-bond donors (Lipinski definition) is 2. The molecule has 0 unspecified atom stereocenters. The topological polar surface area (TPSA) is 58.6 Å². The van der Waals surface area contributed by atoms with Crippen LogP contribution in [0.15, 0.2) is 30.3 Å². The summed E-state index contributed by atoms with van der Waals surface area (Å²) < 4.78 is 5.45. The van der Waals surface area contributed by atoms with Crippen molar-refractivity contribution < 1.29 is 14.6 Å². The molecule has 0 spiro atoms. The maximum absolute atomic E-state index is 11.9. The molecule has 4 nitrogen and oxygen atoms in total. The molecule has 4 heteroatoms. The minimum Gasteiger partial charge on any atom is -0.388 e. The zero-order valence-corrected chi connectivity index (χ0v) is 11.9. The van der Waals surface area contributed by atoms with Gasteiger partial charge in [0.2, 0.25) is 5.91 Å². The summed E-state index contributed by atoms with van der Waals surface area (Å²) in [5, 5.41) is 13.0. The first-order chi connectivity index (χ1) is 9.65. The lowest BCUT2D eigenvalue weighted by Crippen LogP contribution is -2.35. The van der Waals surface area contributed by atoms with Crippen molar-refractivity contribution >= 4 is 5.91 Å². The summed E-state index contributed by atoms with van der Waals surface area (Å²) in [6.07, 6.45) is 2.47. The molecule has 2 N–H and O–H groups in total. The van der Waals surface area contributed by atoms with E-state index in [4.69, 9.17) is 4.74 Å². The SMILES string of the molecule is C[C@H](C[C@H](O)c1ccccc1)NC(=O)C[C@@H]1CCCO1. The van der Waals surface area contributed by atoms with Gasteiger partial charge >= 0.3 is 0 Å². The van der Waals surface area contributed by atoms with Gasteiger partial charge in [-0.25, -0.2) is 0 Å². The van der Waals surface area contributed by atoms with Crippen LogP contribution in [0.3, 0.4) is 0 Å². The minimum absolute atomic E-state index is 0.00432. The summed E-state index contributed by atoms with van der Waals surface area (Å²) in [4.78, 5) is 11.9. The molecule has 1 heterocycles. The Balaban J connectivity index is 1.74. The molecule has 2 rings (SSSR count). The van der Waals surface area contributed by atoms with E-state index in [1.165, 1.54) is 0 Å². The number of ether oxygens (including phenoxy) is 1. The number of aliphatic hydroxyl groups excluding tert-OH is 1. The van der Waals surface area contributed by atoms with Crippen LogP contribution in [0.5, 0.6) is 0 Å². The van der Waals surface area contributed by atoms with Crippen LogP contribution >= 0.6 is 0 Å². The van der Waals surface area contributed by atoms with Gasteiger partial charge < -0.3 is 15.2 Å². The first-order valence-electron chi connectivity index (χ1n) is 7.29. The van der Waals surface area contributed by atoms with E-state index in [9.17, 15) is 9.90 Å². The van der Waals surface area contributed by atoms with E-state index in [-0.39, 0.29) is 18.1 Å². The molecule has 20 heavy (non-hydrogen) atoms. The Kier molecular flexibility index (Phi) is 5.56. The largest absolute Gasteiger partial charge is 0.388 e. The van der Waals surface area contributed by atoms with Crippen LogP contribution in [0, 0.1) is 0 Å². The first-order valence-corrected chi connectivity index (χ1v) is 7.29. The van der Waals surface area contributed by atoms with Crippen molar-refractivity contribution in [3.63, 3.8) is 0 Å². The third-order valence-electron chi connectivity index (χ3n) is 3.61. The van der Waals surface area contributed by atoms with Gasteiger partial charge in [0.25, 0.3) is 0 Å². The molecule has 1 aliphatic rings. The lowest BCUT2D eigenvalue weighted by Gasteiger charge is -2.19. The highest BCUT2D eigenvalue weighted by Gasteiger charge is 2.20. The molecule has 0 radical (unpaired) electrons. The summed E-state index contributed by atoms with van der Waals surface area (Å²) in [5.74, 6) is 0.00432. The van der Waals surface area contributed by atoms with Crippen LogP contribution in [0.25, 0.3) is 0 Å². The van der Waals surface area contributed by atoms with Crippen molar-refractivity contribution in [3.8, 4) is 0 Å². The van der Waals surface area contributed by atoms with E-state index in [0.29, 0.717) is 12.8 Å². The van der Waals surface area contributed by atoms with Crippen LogP contribution in [-0.4, -0.2) is 29.8 Å². The number of aliphatic hydroxyl groups is 1. The normalized spacial score (nSPS) is 21.4. The fourth-order valence-electron chi connectivity index (χ4n) is 2.55. The van der Waals surface area contributed by atoms with Crippen LogP contribution in [0.4, 0.5) is 0 Å². The Labute approximate surface area is 120 Å². The maximum atomic E-state index is 11.9. The van der Waals surface area contributed by atoms with E-state index >= 15 is 0 Å². The van der Waals surface area contributed by atoms with Gasteiger partial charge in [0, 0.05) is 12.6 Å². The predicted molar refractivity (Wildman–Crippen MR) is 77.2 cm³/mol. The van der Waals surface area contributed by atoms with Crippen molar-refractivity contribution in [2.75, 3.05) is 6.61 Å². The Bertz CT molecular complexity index is 415. The van der Waals surface area contributed by atoms with Crippen molar-refractivity contribution in [3.05, 3.63) is 35.9 Å². The van der Waals surface area contributed by atoms with Crippen LogP contribution in [0.1, 0.15) is 44.3 Å². The van der Waals surface area contributed by atoms with Gasteiger partial charge in [0.15, 0.2) is 0 Å². The lowest BCUT2D eigenvalue weighted by atomic mass is 10.0. The molecule has 1 aliphatic heterocycles. The Hall–Kier alpha value is -1.39. The van der Waals surface area contributed by atoms with E-state index < -0.39 is 6.10 Å². The van der Waals surface area contributed by atoms with E-state index in [2.05, 4.69) is 5.32 Å². The molecule has 1 aromatic rings. The second kappa shape index (κ2) is 7.41. The van der Waals surface area contributed by atoms with Crippen molar-refractivity contribution in [2.24, 2.45) is 0 Å². The van der Waals surface area contributed by atoms with Gasteiger partial charge in [-0.2, -0.15) is 0 Å². The number of benzene rings is 1. The highest BCUT2D eigenvalue weighted by Crippen LogP contribution is 2.18. The first kappa shape index (κ1) is 15.0. The number of nitrogens with one attached hydrogen (secondary N) is 1. The Morgan fingerprint density at radius 1 is 1.45 bits per heavy atom. The second-order valence-corrected chi connectivity index (χ2v) is 5.47. The predicted octanol–water partition coefficient (Wildman–Crippen LogP) is 2.18. The van der Waals surface area contributed by atoms with Crippen molar-refractivity contribution in [2.45, 2.75) is 50.9 Å². The van der Waals surface area contributed by atoms with E-state index in [1.54, 1.807) is 0 Å². The molecule has 1 saturated heterocycles. The van der Waals surface area contributed by atoms with Gasteiger partial charge in [-0.3, -0.25) is 4.79 Å². The average Bonchev–Trinajstić information content (AvgIpc) is 2.92. The van der Waals surface area contributed by atoms with Crippen molar-refractivity contribution in [1.82, 2.24) is 5.32 Å². The summed E-state index contributed by atoms with van der Waals surface area (Å²) in [7, 11) is 0. The number of rotatable bonds is 6.